The molecule has 0 aliphatic carbocycles. The third-order valence-corrected chi connectivity index (χ3v) is 3.83. The van der Waals surface area contributed by atoms with Crippen molar-refractivity contribution in [3.63, 3.8) is 0 Å². The summed E-state index contributed by atoms with van der Waals surface area (Å²) in [5.41, 5.74) is 7.01. The molecule has 112 valence electrons. The molecule has 0 saturated carbocycles. The number of carbonyl (C=O) groups is 1. The predicted octanol–water partition coefficient (Wildman–Crippen LogP) is 2.35. The highest BCUT2D eigenvalue weighted by atomic mass is 16.5. The van der Waals surface area contributed by atoms with Crippen LogP contribution in [0, 0.1) is 6.92 Å². The van der Waals surface area contributed by atoms with E-state index >= 15 is 0 Å². The largest absolute Gasteiger partial charge is 0.493 e. The van der Waals surface area contributed by atoms with Crippen LogP contribution in [0.15, 0.2) is 18.2 Å². The van der Waals surface area contributed by atoms with E-state index in [1.54, 1.807) is 14.0 Å². The molecular formula is C16H26N2O2. The molecule has 0 fully saturated rings. The summed E-state index contributed by atoms with van der Waals surface area (Å²) in [5, 5.41) is 2.95. The van der Waals surface area contributed by atoms with Gasteiger partial charge in [-0.3, -0.25) is 4.79 Å². The minimum Gasteiger partial charge on any atom is -0.493 e. The molecule has 1 amide bonds. The highest BCUT2D eigenvalue weighted by Gasteiger charge is 2.28. The van der Waals surface area contributed by atoms with Gasteiger partial charge in [-0.25, -0.2) is 0 Å². The molecule has 0 saturated heterocycles. The lowest BCUT2D eigenvalue weighted by Crippen LogP contribution is -2.52. The zero-order valence-corrected chi connectivity index (χ0v) is 13.1. The molecule has 0 aliphatic rings. The summed E-state index contributed by atoms with van der Waals surface area (Å²) in [6.07, 6.45) is 0.532. The smallest absolute Gasteiger partial charge is 0.237 e. The lowest BCUT2D eigenvalue weighted by molar-refractivity contribution is -0.124. The van der Waals surface area contributed by atoms with Crippen molar-refractivity contribution in [2.24, 2.45) is 5.73 Å². The minimum atomic E-state index is -0.733. The summed E-state index contributed by atoms with van der Waals surface area (Å²) in [7, 11) is 1.73. The van der Waals surface area contributed by atoms with E-state index < -0.39 is 5.54 Å². The zero-order valence-electron chi connectivity index (χ0n) is 13.1. The molecule has 0 heterocycles. The van der Waals surface area contributed by atoms with Crippen molar-refractivity contribution in [3.05, 3.63) is 29.3 Å². The molecule has 3 N–H and O–H groups in total. The second-order valence-electron chi connectivity index (χ2n) is 5.72. The Hall–Kier alpha value is -1.55. The number of likely N-dealkylation sites (N-methyl/N-ethyl adjacent to an activating group) is 1. The van der Waals surface area contributed by atoms with Gasteiger partial charge in [0, 0.05) is 6.42 Å². The van der Waals surface area contributed by atoms with E-state index in [4.69, 9.17) is 10.5 Å². The van der Waals surface area contributed by atoms with Crippen molar-refractivity contribution >= 4 is 5.91 Å². The standard InChI is InChI=1S/C16H26N2O2/c1-11(2)13-7-6-12(3)14(10-13)20-9-8-16(4,18-5)15(17)19/h6-7,10-11,18H,8-9H2,1-5H3,(H2,17,19). The number of nitrogens with two attached hydrogens (primary N) is 1. The average Bonchev–Trinajstić information content (AvgIpc) is 2.40. The van der Waals surface area contributed by atoms with Crippen LogP contribution in [-0.4, -0.2) is 25.1 Å². The maximum absolute atomic E-state index is 11.4. The van der Waals surface area contributed by atoms with Crippen molar-refractivity contribution in [3.8, 4) is 5.75 Å². The number of hydrogen-bond donors (Lipinski definition) is 2. The summed E-state index contributed by atoms with van der Waals surface area (Å²) in [5.74, 6) is 0.974. The number of aryl methyl sites for hydroxylation is 1. The quantitative estimate of drug-likeness (QED) is 0.804. The van der Waals surface area contributed by atoms with Gasteiger partial charge in [0.1, 0.15) is 5.75 Å². The lowest BCUT2D eigenvalue weighted by atomic mass is 9.98. The van der Waals surface area contributed by atoms with Crippen LogP contribution in [0.2, 0.25) is 0 Å². The van der Waals surface area contributed by atoms with Crippen LogP contribution in [0.1, 0.15) is 44.2 Å². The minimum absolute atomic E-state index is 0.365. The lowest BCUT2D eigenvalue weighted by Gasteiger charge is -2.25. The summed E-state index contributed by atoms with van der Waals surface area (Å²) < 4.78 is 5.83. The van der Waals surface area contributed by atoms with Gasteiger partial charge in [0.2, 0.25) is 5.91 Å². The maximum atomic E-state index is 11.4. The fourth-order valence-electron chi connectivity index (χ4n) is 1.87. The monoisotopic (exact) mass is 278 g/mol. The third kappa shape index (κ3) is 3.97. The Balaban J connectivity index is 2.71. The van der Waals surface area contributed by atoms with Crippen LogP contribution in [-0.2, 0) is 4.79 Å². The van der Waals surface area contributed by atoms with Gasteiger partial charge >= 0.3 is 0 Å². The first-order chi connectivity index (χ1) is 9.30. The van der Waals surface area contributed by atoms with E-state index in [0.29, 0.717) is 18.9 Å². The van der Waals surface area contributed by atoms with Crippen molar-refractivity contribution < 1.29 is 9.53 Å². The van der Waals surface area contributed by atoms with E-state index in [-0.39, 0.29) is 5.91 Å². The molecule has 0 radical (unpaired) electrons. The van der Waals surface area contributed by atoms with Gasteiger partial charge in [0.05, 0.1) is 12.1 Å². The molecule has 4 heteroatoms. The first-order valence-corrected chi connectivity index (χ1v) is 7.02. The third-order valence-electron chi connectivity index (χ3n) is 3.83. The van der Waals surface area contributed by atoms with Crippen molar-refractivity contribution in [1.82, 2.24) is 5.32 Å². The van der Waals surface area contributed by atoms with Crippen molar-refractivity contribution in [1.29, 1.82) is 0 Å². The number of nitrogens with one attached hydrogen (secondary N) is 1. The molecule has 1 rings (SSSR count). The van der Waals surface area contributed by atoms with Gasteiger partial charge < -0.3 is 15.8 Å². The van der Waals surface area contributed by atoms with Crippen LogP contribution < -0.4 is 15.8 Å². The van der Waals surface area contributed by atoms with Gasteiger partial charge in [-0.15, -0.1) is 0 Å². The molecule has 0 aliphatic heterocycles. The van der Waals surface area contributed by atoms with Crippen LogP contribution in [0.5, 0.6) is 5.75 Å². The highest BCUT2D eigenvalue weighted by Crippen LogP contribution is 2.24. The second-order valence-corrected chi connectivity index (χ2v) is 5.72. The van der Waals surface area contributed by atoms with E-state index in [2.05, 4.69) is 37.4 Å². The summed E-state index contributed by atoms with van der Waals surface area (Å²) in [4.78, 5) is 11.4. The summed E-state index contributed by atoms with van der Waals surface area (Å²) in [6.45, 7) is 8.56. The van der Waals surface area contributed by atoms with Gasteiger partial charge in [-0.2, -0.15) is 0 Å². The van der Waals surface area contributed by atoms with Crippen molar-refractivity contribution in [2.45, 2.75) is 45.6 Å². The van der Waals surface area contributed by atoms with Crippen molar-refractivity contribution in [2.75, 3.05) is 13.7 Å². The number of carbonyl (C=O) groups excluding carboxylic acids is 1. The molecule has 20 heavy (non-hydrogen) atoms. The van der Waals surface area contributed by atoms with E-state index in [9.17, 15) is 4.79 Å². The Morgan fingerprint density at radius 1 is 1.45 bits per heavy atom. The first kappa shape index (κ1) is 16.5. The van der Waals surface area contributed by atoms with E-state index in [1.807, 2.05) is 6.92 Å². The molecule has 1 aromatic carbocycles. The first-order valence-electron chi connectivity index (χ1n) is 7.02. The van der Waals surface area contributed by atoms with Crippen LogP contribution >= 0.6 is 0 Å². The van der Waals surface area contributed by atoms with Crippen LogP contribution in [0.3, 0.4) is 0 Å². The fraction of sp³-hybridized carbons (Fsp3) is 0.562. The molecule has 1 aromatic rings. The molecule has 0 spiro atoms. The van der Waals surface area contributed by atoms with Gasteiger partial charge in [-0.1, -0.05) is 26.0 Å². The van der Waals surface area contributed by atoms with Crippen LogP contribution in [0.25, 0.3) is 0 Å². The maximum Gasteiger partial charge on any atom is 0.237 e. The van der Waals surface area contributed by atoms with E-state index in [0.717, 1.165) is 11.3 Å². The number of rotatable bonds is 7. The Morgan fingerprint density at radius 3 is 2.60 bits per heavy atom. The average molecular weight is 278 g/mol. The number of benzene rings is 1. The number of amides is 1. The Kier molecular flexibility index (Phi) is 5.57. The Bertz CT molecular complexity index is 472. The molecule has 1 atom stereocenters. The SMILES string of the molecule is CNC(C)(CCOc1cc(C(C)C)ccc1C)C(N)=O. The second kappa shape index (κ2) is 6.75. The molecular weight excluding hydrogens is 252 g/mol. The zero-order chi connectivity index (χ0) is 15.3. The normalized spacial score (nSPS) is 14.1. The summed E-state index contributed by atoms with van der Waals surface area (Å²) >= 11 is 0. The van der Waals surface area contributed by atoms with Gasteiger partial charge in [0.15, 0.2) is 0 Å². The topological polar surface area (TPSA) is 64.3 Å². The number of primary amides is 1. The fourth-order valence-corrected chi connectivity index (χ4v) is 1.87. The number of ether oxygens (including phenoxy) is 1. The van der Waals surface area contributed by atoms with Gasteiger partial charge in [-0.05, 0) is 44.0 Å². The molecule has 0 bridgehead atoms. The molecule has 4 nitrogen and oxygen atoms in total. The van der Waals surface area contributed by atoms with Gasteiger partial charge in [0.25, 0.3) is 0 Å². The number of hydrogen-bond acceptors (Lipinski definition) is 3. The Morgan fingerprint density at radius 2 is 2.10 bits per heavy atom. The Labute approximate surface area is 121 Å². The predicted molar refractivity (Wildman–Crippen MR) is 82.0 cm³/mol. The van der Waals surface area contributed by atoms with Crippen LogP contribution in [0.4, 0.5) is 0 Å². The summed E-state index contributed by atoms with van der Waals surface area (Å²) in [6, 6.07) is 6.25. The molecule has 0 aromatic heterocycles. The molecule has 1 unspecified atom stereocenters. The highest BCUT2D eigenvalue weighted by molar-refractivity contribution is 5.84. The van der Waals surface area contributed by atoms with E-state index in [1.165, 1.54) is 5.56 Å².